The quantitative estimate of drug-likeness (QED) is 0.785. The van der Waals surface area contributed by atoms with Crippen molar-refractivity contribution in [3.63, 3.8) is 0 Å². The molecule has 5 nitrogen and oxygen atoms in total. The zero-order chi connectivity index (χ0) is 15.5. The summed E-state index contributed by atoms with van der Waals surface area (Å²) in [4.78, 5) is 2.15. The van der Waals surface area contributed by atoms with E-state index in [2.05, 4.69) is 4.72 Å². The smallest absolute Gasteiger partial charge is 0.241 e. The molecule has 0 bridgehead atoms. The number of sulfonamides is 1. The van der Waals surface area contributed by atoms with Crippen LogP contribution < -0.4 is 10.5 Å². The molecule has 114 valence electrons. The van der Waals surface area contributed by atoms with Gasteiger partial charge in [-0.2, -0.15) is 0 Å². The molecule has 0 heterocycles. The number of nitrogens with zero attached hydrogens (tertiary/aromatic N) is 1. The number of rotatable bonds is 6. The van der Waals surface area contributed by atoms with Crippen molar-refractivity contribution in [1.82, 2.24) is 9.62 Å². The van der Waals surface area contributed by atoms with Crippen molar-refractivity contribution in [3.8, 4) is 0 Å². The fourth-order valence-electron chi connectivity index (χ4n) is 1.79. The van der Waals surface area contributed by atoms with Crippen LogP contribution in [0.1, 0.15) is 18.9 Å². The van der Waals surface area contributed by atoms with Gasteiger partial charge in [0.2, 0.25) is 10.0 Å². The molecule has 0 aromatic heterocycles. The average Bonchev–Trinajstić information content (AvgIpc) is 2.30. The molecule has 0 aliphatic carbocycles. The largest absolute Gasteiger partial charge is 0.398 e. The monoisotopic (exact) mass is 319 g/mol. The lowest BCUT2D eigenvalue weighted by Crippen LogP contribution is -2.35. The number of benzene rings is 1. The van der Waals surface area contributed by atoms with Crippen LogP contribution in [-0.4, -0.2) is 40.0 Å². The van der Waals surface area contributed by atoms with Crippen LogP contribution in [0.25, 0.3) is 0 Å². The highest BCUT2D eigenvalue weighted by atomic mass is 35.5. The standard InChI is InChI=1S/C13H22ClN3O2S/c1-9(5-6-17(3)4)16-20(18,19)13-8-11(14)7-12(15)10(13)2/h7-9,16H,5-6,15H2,1-4H3. The first-order chi connectivity index (χ1) is 9.13. The predicted octanol–water partition coefficient (Wildman–Crippen LogP) is 1.85. The van der Waals surface area contributed by atoms with Gasteiger partial charge < -0.3 is 10.6 Å². The van der Waals surface area contributed by atoms with Gasteiger partial charge in [-0.1, -0.05) is 11.6 Å². The Morgan fingerprint density at radius 1 is 1.40 bits per heavy atom. The van der Waals surface area contributed by atoms with Crippen molar-refractivity contribution in [1.29, 1.82) is 0 Å². The second kappa shape index (κ2) is 6.76. The topological polar surface area (TPSA) is 75.4 Å². The Morgan fingerprint density at radius 2 is 2.00 bits per heavy atom. The summed E-state index contributed by atoms with van der Waals surface area (Å²) in [5.41, 5.74) is 6.65. The highest BCUT2D eigenvalue weighted by Gasteiger charge is 2.21. The lowest BCUT2D eigenvalue weighted by atomic mass is 10.2. The molecule has 1 aromatic rings. The van der Waals surface area contributed by atoms with Crippen LogP contribution in [0.3, 0.4) is 0 Å². The first-order valence-electron chi connectivity index (χ1n) is 6.36. The van der Waals surface area contributed by atoms with Gasteiger partial charge in [-0.15, -0.1) is 0 Å². The molecule has 1 atom stereocenters. The van der Waals surface area contributed by atoms with Crippen molar-refractivity contribution < 1.29 is 8.42 Å². The van der Waals surface area contributed by atoms with E-state index in [1.165, 1.54) is 6.07 Å². The minimum atomic E-state index is -3.62. The fraction of sp³-hybridized carbons (Fsp3) is 0.538. The van der Waals surface area contributed by atoms with Gasteiger partial charge >= 0.3 is 0 Å². The van der Waals surface area contributed by atoms with Gasteiger partial charge in [0.15, 0.2) is 0 Å². The Bertz CT molecular complexity index is 573. The van der Waals surface area contributed by atoms with E-state index in [-0.39, 0.29) is 10.9 Å². The first-order valence-corrected chi connectivity index (χ1v) is 8.22. The summed E-state index contributed by atoms with van der Waals surface area (Å²) in [5.74, 6) is 0. The maximum atomic E-state index is 12.4. The maximum absolute atomic E-state index is 12.4. The fourth-order valence-corrected chi connectivity index (χ4v) is 3.66. The van der Waals surface area contributed by atoms with Gasteiger partial charge in [-0.25, -0.2) is 13.1 Å². The molecule has 0 fully saturated rings. The molecule has 0 saturated heterocycles. The van der Waals surface area contributed by atoms with Crippen LogP contribution in [0.15, 0.2) is 17.0 Å². The van der Waals surface area contributed by atoms with E-state index in [0.717, 1.165) is 13.0 Å². The van der Waals surface area contributed by atoms with Crippen LogP contribution in [0.4, 0.5) is 5.69 Å². The molecule has 20 heavy (non-hydrogen) atoms. The van der Waals surface area contributed by atoms with Crippen LogP contribution in [-0.2, 0) is 10.0 Å². The van der Waals surface area contributed by atoms with E-state index < -0.39 is 10.0 Å². The zero-order valence-electron chi connectivity index (χ0n) is 12.3. The number of nitrogens with one attached hydrogen (secondary N) is 1. The predicted molar refractivity (Wildman–Crippen MR) is 83.6 cm³/mol. The normalized spacial score (nSPS) is 13.7. The summed E-state index contributed by atoms with van der Waals surface area (Å²) < 4.78 is 27.4. The molecule has 7 heteroatoms. The van der Waals surface area contributed by atoms with Crippen LogP contribution in [0, 0.1) is 6.92 Å². The number of nitrogen functional groups attached to an aromatic ring is 1. The Hall–Kier alpha value is -0.820. The number of halogens is 1. The highest BCUT2D eigenvalue weighted by Crippen LogP contribution is 2.26. The maximum Gasteiger partial charge on any atom is 0.241 e. The van der Waals surface area contributed by atoms with Crippen molar-refractivity contribution in [3.05, 3.63) is 22.7 Å². The highest BCUT2D eigenvalue weighted by molar-refractivity contribution is 7.89. The van der Waals surface area contributed by atoms with Crippen LogP contribution in [0.2, 0.25) is 5.02 Å². The molecular weight excluding hydrogens is 298 g/mol. The third kappa shape index (κ3) is 4.63. The van der Waals surface area contributed by atoms with E-state index in [9.17, 15) is 8.42 Å². The number of nitrogens with two attached hydrogens (primary N) is 1. The SMILES string of the molecule is Cc1c(N)cc(Cl)cc1S(=O)(=O)NC(C)CCN(C)C. The third-order valence-corrected chi connectivity index (χ3v) is 4.95. The van der Waals surface area contributed by atoms with Gasteiger partial charge in [-0.05, 0) is 58.6 Å². The van der Waals surface area contributed by atoms with E-state index in [4.69, 9.17) is 17.3 Å². The summed E-state index contributed by atoms with van der Waals surface area (Å²) in [6.45, 7) is 4.31. The molecular formula is C13H22ClN3O2S. The molecule has 0 aliphatic heterocycles. The molecule has 0 saturated carbocycles. The number of hydrogen-bond acceptors (Lipinski definition) is 4. The number of anilines is 1. The van der Waals surface area contributed by atoms with Gasteiger partial charge in [0.25, 0.3) is 0 Å². The van der Waals surface area contributed by atoms with Gasteiger partial charge in [0, 0.05) is 16.8 Å². The summed E-state index contributed by atoms with van der Waals surface area (Å²) in [7, 11) is 0.279. The molecule has 1 unspecified atom stereocenters. The average molecular weight is 320 g/mol. The summed E-state index contributed by atoms with van der Waals surface area (Å²) in [6.07, 6.45) is 0.724. The van der Waals surface area contributed by atoms with Crippen molar-refractivity contribution in [2.45, 2.75) is 31.2 Å². The van der Waals surface area contributed by atoms with Crippen LogP contribution >= 0.6 is 11.6 Å². The second-order valence-corrected chi connectivity index (χ2v) is 7.35. The molecule has 0 spiro atoms. The van der Waals surface area contributed by atoms with Gasteiger partial charge in [-0.3, -0.25) is 0 Å². The molecule has 1 rings (SSSR count). The second-order valence-electron chi connectivity index (χ2n) is 5.23. The minimum Gasteiger partial charge on any atom is -0.398 e. The Morgan fingerprint density at radius 3 is 2.55 bits per heavy atom. The number of hydrogen-bond donors (Lipinski definition) is 2. The van der Waals surface area contributed by atoms with E-state index >= 15 is 0 Å². The van der Waals surface area contributed by atoms with E-state index in [1.54, 1.807) is 13.0 Å². The lowest BCUT2D eigenvalue weighted by molar-refractivity contribution is 0.379. The zero-order valence-corrected chi connectivity index (χ0v) is 13.8. The third-order valence-electron chi connectivity index (χ3n) is 3.02. The Balaban J connectivity index is 2.94. The summed E-state index contributed by atoms with van der Waals surface area (Å²) in [5, 5.41) is 0.314. The Kier molecular flexibility index (Phi) is 5.82. The van der Waals surface area contributed by atoms with Crippen molar-refractivity contribution >= 4 is 27.3 Å². The Labute approximate surface area is 126 Å². The first kappa shape index (κ1) is 17.2. The molecule has 0 aliphatic rings. The van der Waals surface area contributed by atoms with Gasteiger partial charge in [0.1, 0.15) is 0 Å². The van der Waals surface area contributed by atoms with E-state index in [0.29, 0.717) is 16.3 Å². The van der Waals surface area contributed by atoms with Gasteiger partial charge in [0.05, 0.1) is 4.90 Å². The van der Waals surface area contributed by atoms with Crippen molar-refractivity contribution in [2.75, 3.05) is 26.4 Å². The molecule has 1 aromatic carbocycles. The molecule has 0 amide bonds. The summed E-state index contributed by atoms with van der Waals surface area (Å²) >= 11 is 5.89. The summed E-state index contributed by atoms with van der Waals surface area (Å²) in [6, 6.07) is 2.81. The lowest BCUT2D eigenvalue weighted by Gasteiger charge is -2.18. The molecule has 0 radical (unpaired) electrons. The minimum absolute atomic E-state index is 0.138. The molecule has 3 N–H and O–H groups in total. The van der Waals surface area contributed by atoms with Crippen molar-refractivity contribution in [2.24, 2.45) is 0 Å². The van der Waals surface area contributed by atoms with Crippen LogP contribution in [0.5, 0.6) is 0 Å². The van der Waals surface area contributed by atoms with E-state index in [1.807, 2.05) is 25.9 Å².